The molecule has 0 saturated heterocycles. The summed E-state index contributed by atoms with van der Waals surface area (Å²) >= 11 is 0. The minimum Gasteiger partial charge on any atom is -0.313 e. The lowest BCUT2D eigenvalue weighted by Crippen LogP contribution is -2.35. The Kier molecular flexibility index (Phi) is 4.82. The van der Waals surface area contributed by atoms with Crippen molar-refractivity contribution in [1.29, 1.82) is 0 Å². The van der Waals surface area contributed by atoms with Crippen LogP contribution >= 0.6 is 0 Å². The molecule has 114 valence electrons. The highest BCUT2D eigenvalue weighted by atomic mass is 32.2. The predicted octanol–water partition coefficient (Wildman–Crippen LogP) is 1.39. The molecule has 0 amide bonds. The number of hydrogen-bond donors (Lipinski definition) is 2. The summed E-state index contributed by atoms with van der Waals surface area (Å²) in [6.07, 6.45) is 2.75. The van der Waals surface area contributed by atoms with Crippen molar-refractivity contribution < 1.29 is 8.42 Å². The molecule has 1 aromatic heterocycles. The zero-order chi connectivity index (χ0) is 14.8. The number of aryl methyl sites for hydroxylation is 1. The van der Waals surface area contributed by atoms with Gasteiger partial charge in [0.15, 0.2) is 5.03 Å². The average Bonchev–Trinajstić information content (AvgIpc) is 3.17. The van der Waals surface area contributed by atoms with Gasteiger partial charge in [0.05, 0.1) is 0 Å². The first kappa shape index (κ1) is 15.5. The molecule has 1 aliphatic rings. The number of nitrogens with zero attached hydrogens (tertiary/aromatic N) is 2. The van der Waals surface area contributed by atoms with E-state index in [4.69, 9.17) is 0 Å². The maximum Gasteiger partial charge on any atom is 0.262 e. The van der Waals surface area contributed by atoms with Gasteiger partial charge in [0, 0.05) is 30.4 Å². The number of sulfonamides is 1. The zero-order valence-electron chi connectivity index (χ0n) is 12.4. The van der Waals surface area contributed by atoms with Crippen LogP contribution in [0.3, 0.4) is 0 Å². The molecule has 1 aromatic rings. The number of H-pyrrole nitrogens is 1. The van der Waals surface area contributed by atoms with Crippen LogP contribution in [-0.4, -0.2) is 42.1 Å². The molecule has 1 fully saturated rings. The van der Waals surface area contributed by atoms with E-state index in [1.165, 1.54) is 0 Å². The molecule has 0 radical (unpaired) electrons. The number of aromatic nitrogens is 2. The SMILES string of the molecule is CCCN(C1CC1)S(=O)(=O)c1n[nH]c(C)c1CNCC. The van der Waals surface area contributed by atoms with Crippen LogP contribution in [0.5, 0.6) is 0 Å². The monoisotopic (exact) mass is 300 g/mol. The molecule has 7 heteroatoms. The third kappa shape index (κ3) is 3.05. The van der Waals surface area contributed by atoms with E-state index in [2.05, 4.69) is 15.5 Å². The number of rotatable bonds is 8. The van der Waals surface area contributed by atoms with Gasteiger partial charge in [-0.3, -0.25) is 5.10 Å². The lowest BCUT2D eigenvalue weighted by Gasteiger charge is -2.20. The highest BCUT2D eigenvalue weighted by Gasteiger charge is 2.39. The molecule has 1 heterocycles. The van der Waals surface area contributed by atoms with Crippen molar-refractivity contribution >= 4 is 10.0 Å². The van der Waals surface area contributed by atoms with Crippen molar-refractivity contribution in [2.45, 2.75) is 57.6 Å². The van der Waals surface area contributed by atoms with Crippen LogP contribution in [0.1, 0.15) is 44.4 Å². The highest BCUT2D eigenvalue weighted by molar-refractivity contribution is 7.89. The Bertz CT molecular complexity index is 549. The number of aromatic amines is 1. The first-order valence-electron chi connectivity index (χ1n) is 7.28. The Labute approximate surface area is 121 Å². The largest absolute Gasteiger partial charge is 0.313 e. The molecule has 0 bridgehead atoms. The lowest BCUT2D eigenvalue weighted by molar-refractivity contribution is 0.400. The lowest BCUT2D eigenvalue weighted by atomic mass is 10.2. The molecule has 1 aliphatic carbocycles. The van der Waals surface area contributed by atoms with Gasteiger partial charge >= 0.3 is 0 Å². The molecule has 6 nitrogen and oxygen atoms in total. The molecule has 1 saturated carbocycles. The molecule has 20 heavy (non-hydrogen) atoms. The van der Waals surface area contributed by atoms with Crippen LogP contribution < -0.4 is 5.32 Å². The van der Waals surface area contributed by atoms with Gasteiger partial charge in [-0.1, -0.05) is 13.8 Å². The topological polar surface area (TPSA) is 78.1 Å². The van der Waals surface area contributed by atoms with Gasteiger partial charge in [-0.15, -0.1) is 0 Å². The minimum atomic E-state index is -3.49. The zero-order valence-corrected chi connectivity index (χ0v) is 13.3. The van der Waals surface area contributed by atoms with Gasteiger partial charge in [-0.05, 0) is 32.7 Å². The van der Waals surface area contributed by atoms with Crippen molar-refractivity contribution in [1.82, 2.24) is 19.8 Å². The second-order valence-electron chi connectivity index (χ2n) is 5.26. The van der Waals surface area contributed by atoms with Gasteiger partial charge in [0.25, 0.3) is 10.0 Å². The molecule has 0 atom stereocenters. The molecule has 2 N–H and O–H groups in total. The van der Waals surface area contributed by atoms with E-state index in [0.717, 1.165) is 37.1 Å². The molecule has 0 unspecified atom stereocenters. The van der Waals surface area contributed by atoms with Crippen molar-refractivity contribution in [2.24, 2.45) is 0 Å². The summed E-state index contributed by atoms with van der Waals surface area (Å²) in [5.41, 5.74) is 1.57. The average molecular weight is 300 g/mol. The van der Waals surface area contributed by atoms with E-state index in [1.807, 2.05) is 20.8 Å². The van der Waals surface area contributed by atoms with Crippen molar-refractivity contribution in [3.8, 4) is 0 Å². The Balaban J connectivity index is 2.32. The molecule has 0 spiro atoms. The van der Waals surface area contributed by atoms with E-state index < -0.39 is 10.0 Å². The smallest absolute Gasteiger partial charge is 0.262 e. The first-order valence-corrected chi connectivity index (χ1v) is 8.72. The molecule has 2 rings (SSSR count). The Hall–Kier alpha value is -0.920. The standard InChI is InChI=1S/C13H24N4O2S/c1-4-8-17(11-6-7-11)20(18,19)13-12(9-14-5-2)10(3)15-16-13/h11,14H,4-9H2,1-3H3,(H,15,16). The Morgan fingerprint density at radius 3 is 2.65 bits per heavy atom. The third-order valence-electron chi connectivity index (χ3n) is 3.54. The normalized spacial score (nSPS) is 16.0. The fourth-order valence-electron chi connectivity index (χ4n) is 2.29. The van der Waals surface area contributed by atoms with E-state index in [0.29, 0.717) is 13.1 Å². The molecule has 0 aliphatic heterocycles. The maximum atomic E-state index is 12.8. The third-order valence-corrected chi connectivity index (χ3v) is 5.46. The highest BCUT2D eigenvalue weighted by Crippen LogP contribution is 2.32. The fourth-order valence-corrected chi connectivity index (χ4v) is 4.24. The van der Waals surface area contributed by atoms with Crippen LogP contribution in [-0.2, 0) is 16.6 Å². The van der Waals surface area contributed by atoms with Gasteiger partial charge < -0.3 is 5.32 Å². The quantitative estimate of drug-likeness (QED) is 0.760. The summed E-state index contributed by atoms with van der Waals surface area (Å²) in [6, 6.07) is 0.170. The van der Waals surface area contributed by atoms with Crippen LogP contribution in [0.15, 0.2) is 5.03 Å². The fraction of sp³-hybridized carbons (Fsp3) is 0.769. The second-order valence-corrected chi connectivity index (χ2v) is 7.07. The molecular formula is C13H24N4O2S. The second kappa shape index (κ2) is 6.24. The van der Waals surface area contributed by atoms with Crippen LogP contribution in [0, 0.1) is 6.92 Å². The first-order chi connectivity index (χ1) is 9.52. The summed E-state index contributed by atoms with van der Waals surface area (Å²) in [5, 5.41) is 10.2. The van der Waals surface area contributed by atoms with Crippen molar-refractivity contribution in [3.63, 3.8) is 0 Å². The summed E-state index contributed by atoms with van der Waals surface area (Å²) in [5.74, 6) is 0. The Morgan fingerprint density at radius 2 is 2.10 bits per heavy atom. The van der Waals surface area contributed by atoms with E-state index in [-0.39, 0.29) is 11.1 Å². The van der Waals surface area contributed by atoms with Gasteiger partial charge in [0.2, 0.25) is 0 Å². The van der Waals surface area contributed by atoms with Crippen molar-refractivity contribution in [3.05, 3.63) is 11.3 Å². The van der Waals surface area contributed by atoms with Gasteiger partial charge in [0.1, 0.15) is 0 Å². The summed E-state index contributed by atoms with van der Waals surface area (Å²) in [6.45, 7) is 7.75. The summed E-state index contributed by atoms with van der Waals surface area (Å²) in [4.78, 5) is 0. The van der Waals surface area contributed by atoms with E-state index in [1.54, 1.807) is 4.31 Å². The summed E-state index contributed by atoms with van der Waals surface area (Å²) < 4.78 is 27.3. The maximum absolute atomic E-state index is 12.8. The summed E-state index contributed by atoms with van der Waals surface area (Å²) in [7, 11) is -3.49. The number of nitrogens with one attached hydrogen (secondary N) is 2. The van der Waals surface area contributed by atoms with Crippen LogP contribution in [0.4, 0.5) is 0 Å². The predicted molar refractivity (Wildman–Crippen MR) is 77.9 cm³/mol. The van der Waals surface area contributed by atoms with Crippen LogP contribution in [0.25, 0.3) is 0 Å². The number of hydrogen-bond acceptors (Lipinski definition) is 4. The molecule has 0 aromatic carbocycles. The van der Waals surface area contributed by atoms with E-state index in [9.17, 15) is 8.42 Å². The van der Waals surface area contributed by atoms with Gasteiger partial charge in [-0.2, -0.15) is 9.40 Å². The molecular weight excluding hydrogens is 276 g/mol. The minimum absolute atomic E-state index is 0.170. The Morgan fingerprint density at radius 1 is 1.40 bits per heavy atom. The van der Waals surface area contributed by atoms with Crippen LogP contribution in [0.2, 0.25) is 0 Å². The van der Waals surface area contributed by atoms with E-state index >= 15 is 0 Å². The van der Waals surface area contributed by atoms with Gasteiger partial charge in [-0.25, -0.2) is 8.42 Å². The van der Waals surface area contributed by atoms with Crippen molar-refractivity contribution in [2.75, 3.05) is 13.1 Å².